The number of carbonyl (C=O) groups is 2. The molecule has 1 aliphatic rings. The first-order valence-corrected chi connectivity index (χ1v) is 8.91. The molecule has 2 atom stereocenters. The molecule has 0 radical (unpaired) electrons. The van der Waals surface area contributed by atoms with E-state index >= 15 is 0 Å². The molecule has 0 saturated carbocycles. The second kappa shape index (κ2) is 8.49. The number of likely N-dealkylation sites (N-methyl/N-ethyl adjacent to an activating group) is 1. The van der Waals surface area contributed by atoms with Crippen LogP contribution >= 0.6 is 11.6 Å². The van der Waals surface area contributed by atoms with Crippen LogP contribution in [0.1, 0.15) is 27.2 Å². The monoisotopic (exact) mass is 351 g/mol. The number of nitrogens with zero attached hydrogens (tertiary/aromatic N) is 2. The molecule has 0 bridgehead atoms. The SMILES string of the molecule is CCN(CC)C(C)CNC(=O)C1CC(=O)N(c2cccc(Cl)c2)C1. The first kappa shape index (κ1) is 18.7. The van der Waals surface area contributed by atoms with Gasteiger partial charge in [-0.3, -0.25) is 14.5 Å². The van der Waals surface area contributed by atoms with Crippen molar-refractivity contribution in [2.75, 3.05) is 31.1 Å². The van der Waals surface area contributed by atoms with Gasteiger partial charge in [0.2, 0.25) is 11.8 Å². The van der Waals surface area contributed by atoms with Crippen molar-refractivity contribution in [3.05, 3.63) is 29.3 Å². The fourth-order valence-electron chi connectivity index (χ4n) is 3.15. The Morgan fingerprint density at radius 3 is 2.75 bits per heavy atom. The van der Waals surface area contributed by atoms with Crippen LogP contribution in [0.3, 0.4) is 0 Å². The normalized spacial score (nSPS) is 19.0. The van der Waals surface area contributed by atoms with Crippen molar-refractivity contribution >= 4 is 29.1 Å². The van der Waals surface area contributed by atoms with Gasteiger partial charge >= 0.3 is 0 Å². The Hall–Kier alpha value is -1.59. The van der Waals surface area contributed by atoms with Gasteiger partial charge in [0.15, 0.2) is 0 Å². The van der Waals surface area contributed by atoms with Crippen LogP contribution in [0, 0.1) is 5.92 Å². The molecule has 6 heteroatoms. The summed E-state index contributed by atoms with van der Waals surface area (Å²) in [6.07, 6.45) is 0.248. The van der Waals surface area contributed by atoms with E-state index in [1.807, 2.05) is 12.1 Å². The van der Waals surface area contributed by atoms with Crippen LogP contribution in [0.5, 0.6) is 0 Å². The lowest BCUT2D eigenvalue weighted by Crippen LogP contribution is -2.44. The van der Waals surface area contributed by atoms with Crippen molar-refractivity contribution in [1.29, 1.82) is 0 Å². The quantitative estimate of drug-likeness (QED) is 0.821. The molecule has 1 aromatic carbocycles. The summed E-state index contributed by atoms with van der Waals surface area (Å²) < 4.78 is 0. The van der Waals surface area contributed by atoms with Gasteiger partial charge in [-0.15, -0.1) is 0 Å². The highest BCUT2D eigenvalue weighted by atomic mass is 35.5. The highest BCUT2D eigenvalue weighted by Crippen LogP contribution is 2.27. The van der Waals surface area contributed by atoms with Crippen molar-refractivity contribution in [2.24, 2.45) is 5.92 Å². The summed E-state index contributed by atoms with van der Waals surface area (Å²) >= 11 is 5.99. The molecule has 1 N–H and O–H groups in total. The van der Waals surface area contributed by atoms with Gasteiger partial charge < -0.3 is 10.2 Å². The average molecular weight is 352 g/mol. The predicted molar refractivity (Wildman–Crippen MR) is 97.3 cm³/mol. The van der Waals surface area contributed by atoms with Crippen LogP contribution in [-0.2, 0) is 9.59 Å². The fourth-order valence-corrected chi connectivity index (χ4v) is 3.33. The molecule has 0 spiro atoms. The second-order valence-corrected chi connectivity index (χ2v) is 6.64. The van der Waals surface area contributed by atoms with Gasteiger partial charge in [-0.2, -0.15) is 0 Å². The highest BCUT2D eigenvalue weighted by molar-refractivity contribution is 6.30. The minimum absolute atomic E-state index is 0.0331. The summed E-state index contributed by atoms with van der Waals surface area (Å²) in [6, 6.07) is 7.45. The van der Waals surface area contributed by atoms with E-state index in [1.54, 1.807) is 17.0 Å². The van der Waals surface area contributed by atoms with Gasteiger partial charge in [0.1, 0.15) is 0 Å². The maximum atomic E-state index is 12.4. The standard InChI is InChI=1S/C18H26ClN3O2/c1-4-21(5-2)13(3)11-20-18(24)14-9-17(23)22(12-14)16-8-6-7-15(19)10-16/h6-8,10,13-14H,4-5,9,11-12H2,1-3H3,(H,20,24). The van der Waals surface area contributed by atoms with E-state index in [0.29, 0.717) is 18.1 Å². The van der Waals surface area contributed by atoms with E-state index in [-0.39, 0.29) is 30.2 Å². The molecular formula is C18H26ClN3O2. The lowest BCUT2D eigenvalue weighted by molar-refractivity contribution is -0.126. The number of anilines is 1. The number of rotatable bonds is 7. The van der Waals surface area contributed by atoms with E-state index < -0.39 is 0 Å². The third kappa shape index (κ3) is 4.48. The van der Waals surface area contributed by atoms with Crippen LogP contribution < -0.4 is 10.2 Å². The molecule has 1 heterocycles. The van der Waals surface area contributed by atoms with Gasteiger partial charge in [-0.05, 0) is 38.2 Å². The van der Waals surface area contributed by atoms with E-state index in [4.69, 9.17) is 11.6 Å². The Morgan fingerprint density at radius 1 is 1.42 bits per heavy atom. The number of nitrogens with one attached hydrogen (secondary N) is 1. The number of hydrogen-bond donors (Lipinski definition) is 1. The zero-order valence-electron chi connectivity index (χ0n) is 14.6. The molecule has 1 saturated heterocycles. The van der Waals surface area contributed by atoms with Crippen LogP contribution in [0.25, 0.3) is 0 Å². The van der Waals surface area contributed by atoms with Crippen LogP contribution in [0.2, 0.25) is 5.02 Å². The topological polar surface area (TPSA) is 52.7 Å². The van der Waals surface area contributed by atoms with Crippen molar-refractivity contribution in [1.82, 2.24) is 10.2 Å². The Balaban J connectivity index is 1.92. The van der Waals surface area contributed by atoms with Crippen molar-refractivity contribution in [2.45, 2.75) is 33.2 Å². The third-order valence-corrected chi connectivity index (χ3v) is 4.86. The van der Waals surface area contributed by atoms with E-state index in [0.717, 1.165) is 18.8 Å². The average Bonchev–Trinajstić information content (AvgIpc) is 2.95. The number of benzene rings is 1. The van der Waals surface area contributed by atoms with Gasteiger partial charge in [0.25, 0.3) is 0 Å². The molecular weight excluding hydrogens is 326 g/mol. The second-order valence-electron chi connectivity index (χ2n) is 6.20. The number of hydrogen-bond acceptors (Lipinski definition) is 3. The fraction of sp³-hybridized carbons (Fsp3) is 0.556. The minimum atomic E-state index is -0.305. The maximum absolute atomic E-state index is 12.4. The highest BCUT2D eigenvalue weighted by Gasteiger charge is 2.35. The molecule has 2 rings (SSSR count). The zero-order chi connectivity index (χ0) is 17.7. The molecule has 0 aliphatic carbocycles. The Labute approximate surface area is 149 Å². The van der Waals surface area contributed by atoms with Gasteiger partial charge in [0, 0.05) is 36.3 Å². The van der Waals surface area contributed by atoms with Crippen LogP contribution in [0.15, 0.2) is 24.3 Å². The first-order valence-electron chi connectivity index (χ1n) is 8.53. The zero-order valence-corrected chi connectivity index (χ0v) is 15.3. The number of halogens is 1. The predicted octanol–water partition coefficient (Wildman–Crippen LogP) is 2.54. The summed E-state index contributed by atoms with van der Waals surface area (Å²) in [4.78, 5) is 28.6. The molecule has 2 amide bonds. The van der Waals surface area contributed by atoms with Crippen molar-refractivity contribution < 1.29 is 9.59 Å². The first-order chi connectivity index (χ1) is 11.5. The molecule has 1 fully saturated rings. The van der Waals surface area contributed by atoms with E-state index in [2.05, 4.69) is 31.0 Å². The van der Waals surface area contributed by atoms with E-state index in [9.17, 15) is 9.59 Å². The Bertz CT molecular complexity index is 589. The molecule has 132 valence electrons. The lowest BCUT2D eigenvalue weighted by atomic mass is 10.1. The Kier molecular flexibility index (Phi) is 6.63. The Morgan fingerprint density at radius 2 is 2.12 bits per heavy atom. The summed E-state index contributed by atoms with van der Waals surface area (Å²) in [6.45, 7) is 9.25. The lowest BCUT2D eigenvalue weighted by Gasteiger charge is -2.26. The van der Waals surface area contributed by atoms with Crippen LogP contribution in [0.4, 0.5) is 5.69 Å². The molecule has 1 aromatic rings. The number of amides is 2. The third-order valence-electron chi connectivity index (χ3n) is 4.62. The maximum Gasteiger partial charge on any atom is 0.227 e. The summed E-state index contributed by atoms with van der Waals surface area (Å²) in [5.41, 5.74) is 0.749. The minimum Gasteiger partial charge on any atom is -0.354 e. The van der Waals surface area contributed by atoms with Crippen molar-refractivity contribution in [3.63, 3.8) is 0 Å². The summed E-state index contributed by atoms with van der Waals surface area (Å²) in [7, 11) is 0. The number of carbonyl (C=O) groups excluding carboxylic acids is 2. The molecule has 5 nitrogen and oxygen atoms in total. The molecule has 2 unspecified atom stereocenters. The van der Waals surface area contributed by atoms with Crippen molar-refractivity contribution in [3.8, 4) is 0 Å². The van der Waals surface area contributed by atoms with Gasteiger partial charge in [0.05, 0.1) is 5.92 Å². The molecule has 0 aromatic heterocycles. The van der Waals surface area contributed by atoms with Gasteiger partial charge in [-0.25, -0.2) is 0 Å². The summed E-state index contributed by atoms with van der Waals surface area (Å²) in [5.74, 6) is -0.388. The van der Waals surface area contributed by atoms with Crippen LogP contribution in [-0.4, -0.2) is 48.9 Å². The molecule has 1 aliphatic heterocycles. The molecule has 24 heavy (non-hydrogen) atoms. The van der Waals surface area contributed by atoms with E-state index in [1.165, 1.54) is 0 Å². The summed E-state index contributed by atoms with van der Waals surface area (Å²) in [5, 5.41) is 3.58. The smallest absolute Gasteiger partial charge is 0.227 e. The van der Waals surface area contributed by atoms with Gasteiger partial charge in [-0.1, -0.05) is 31.5 Å². The largest absolute Gasteiger partial charge is 0.354 e.